The number of hydrogen-bond donors (Lipinski definition) is 4. The molecule has 1 aliphatic heterocycles. The average Bonchev–Trinajstić information content (AvgIpc) is 3.08. The predicted octanol–water partition coefficient (Wildman–Crippen LogP) is 1.44. The highest BCUT2D eigenvalue weighted by Gasteiger charge is 2.35. The molecular weight excluding hydrogens is 356 g/mol. The van der Waals surface area contributed by atoms with Crippen molar-refractivity contribution in [3.8, 4) is 5.88 Å². The molecule has 2 aliphatic rings. The second kappa shape index (κ2) is 6.67. The van der Waals surface area contributed by atoms with Gasteiger partial charge in [0.1, 0.15) is 5.56 Å². The smallest absolute Gasteiger partial charge is 0.331 e. The van der Waals surface area contributed by atoms with Gasteiger partial charge in [0.2, 0.25) is 5.88 Å². The molecule has 0 bridgehead atoms. The molecule has 146 valence electrons. The molecule has 1 aromatic carbocycles. The Bertz CT molecular complexity index is 1150. The maximum atomic E-state index is 12.8. The number of aromatic nitrogens is 3. The summed E-state index contributed by atoms with van der Waals surface area (Å²) in [6.07, 6.45) is 5.82. The van der Waals surface area contributed by atoms with Crippen molar-refractivity contribution in [1.29, 1.82) is 0 Å². The first-order valence-electron chi connectivity index (χ1n) is 10.2. The summed E-state index contributed by atoms with van der Waals surface area (Å²) >= 11 is 0. The molecule has 0 saturated heterocycles. The number of nitrogens with one attached hydrogen (secondary N) is 2. The third-order valence-corrected chi connectivity index (χ3v) is 6.36. The maximum absolute atomic E-state index is 12.8. The molecule has 1 fully saturated rings. The zero-order valence-corrected chi connectivity index (χ0v) is 15.7. The summed E-state index contributed by atoms with van der Waals surface area (Å²) in [5.41, 5.74) is 2.44. The van der Waals surface area contributed by atoms with Crippen LogP contribution in [-0.2, 0) is 6.42 Å². The van der Waals surface area contributed by atoms with Gasteiger partial charge in [-0.1, -0.05) is 37.5 Å². The number of aromatic hydroxyl groups is 1. The Labute approximate surface area is 161 Å². The van der Waals surface area contributed by atoms with Crippen LogP contribution in [0.5, 0.6) is 5.88 Å². The van der Waals surface area contributed by atoms with Gasteiger partial charge < -0.3 is 15.4 Å². The number of rotatable bonds is 2. The molecule has 7 heteroatoms. The fraction of sp³-hybridized carbons (Fsp3) is 0.429. The van der Waals surface area contributed by atoms with E-state index in [1.54, 1.807) is 0 Å². The van der Waals surface area contributed by atoms with Crippen molar-refractivity contribution in [3.05, 3.63) is 61.9 Å². The Hall–Kier alpha value is -2.80. The van der Waals surface area contributed by atoms with Gasteiger partial charge in [-0.25, -0.2) is 4.79 Å². The first-order chi connectivity index (χ1) is 13.6. The van der Waals surface area contributed by atoms with E-state index in [-0.39, 0.29) is 23.5 Å². The fourth-order valence-corrected chi connectivity index (χ4v) is 5.04. The van der Waals surface area contributed by atoms with Crippen LogP contribution in [0.15, 0.2) is 33.9 Å². The van der Waals surface area contributed by atoms with E-state index in [0.717, 1.165) is 61.7 Å². The van der Waals surface area contributed by atoms with E-state index >= 15 is 0 Å². The molecule has 0 amide bonds. The van der Waals surface area contributed by atoms with Crippen molar-refractivity contribution in [1.82, 2.24) is 14.5 Å². The monoisotopic (exact) mass is 381 g/mol. The summed E-state index contributed by atoms with van der Waals surface area (Å²) in [6, 6.07) is 7.70. The van der Waals surface area contributed by atoms with Crippen LogP contribution in [0.2, 0.25) is 0 Å². The molecule has 0 spiro atoms. The largest absolute Gasteiger partial charge is 0.494 e. The van der Waals surface area contributed by atoms with Crippen LogP contribution in [0.1, 0.15) is 61.0 Å². The van der Waals surface area contributed by atoms with Crippen LogP contribution >= 0.6 is 0 Å². The molecule has 0 unspecified atom stereocenters. The number of H-pyrrole nitrogens is 2. The number of fused-ring (bicyclic) bond motifs is 3. The summed E-state index contributed by atoms with van der Waals surface area (Å²) in [5.74, 6) is -0.173. The highest BCUT2D eigenvalue weighted by atomic mass is 16.3. The van der Waals surface area contributed by atoms with Crippen LogP contribution in [0.4, 0.5) is 0 Å². The number of hydrogen-bond acceptors (Lipinski definition) is 3. The minimum absolute atomic E-state index is 0.0531. The van der Waals surface area contributed by atoms with Gasteiger partial charge in [0.25, 0.3) is 5.56 Å². The molecule has 2 aromatic heterocycles. The average molecular weight is 381 g/mol. The molecule has 1 atom stereocenters. The minimum atomic E-state index is -0.508. The highest BCUT2D eigenvalue weighted by molar-refractivity contribution is 5.85. The molecule has 0 radical (unpaired) electrons. The lowest BCUT2D eigenvalue weighted by Gasteiger charge is -2.27. The normalized spacial score (nSPS) is 20.4. The highest BCUT2D eigenvalue weighted by Crippen LogP contribution is 2.34. The molecule has 1 saturated carbocycles. The van der Waals surface area contributed by atoms with Crippen molar-refractivity contribution >= 4 is 10.9 Å². The van der Waals surface area contributed by atoms with Crippen LogP contribution in [-0.4, -0.2) is 26.2 Å². The summed E-state index contributed by atoms with van der Waals surface area (Å²) in [6.45, 7) is 0.820. The van der Waals surface area contributed by atoms with Crippen molar-refractivity contribution in [2.24, 2.45) is 0 Å². The summed E-state index contributed by atoms with van der Waals surface area (Å²) in [7, 11) is 0. The van der Waals surface area contributed by atoms with Crippen molar-refractivity contribution in [2.75, 3.05) is 6.54 Å². The van der Waals surface area contributed by atoms with E-state index in [1.165, 1.54) is 10.1 Å². The van der Waals surface area contributed by atoms with Gasteiger partial charge in [-0.3, -0.25) is 14.3 Å². The van der Waals surface area contributed by atoms with Gasteiger partial charge in [0, 0.05) is 23.4 Å². The number of benzene rings is 1. The van der Waals surface area contributed by atoms with Crippen LogP contribution < -0.4 is 16.6 Å². The summed E-state index contributed by atoms with van der Waals surface area (Å²) in [5, 5.41) is 14.3. The van der Waals surface area contributed by atoms with E-state index in [4.69, 9.17) is 0 Å². The van der Waals surface area contributed by atoms with Crippen LogP contribution in [0.25, 0.3) is 10.9 Å². The number of para-hydroxylation sites is 1. The molecule has 3 heterocycles. The van der Waals surface area contributed by atoms with E-state index in [0.29, 0.717) is 0 Å². The maximum Gasteiger partial charge on any atom is 0.331 e. The van der Waals surface area contributed by atoms with Gasteiger partial charge in [0.05, 0.1) is 12.2 Å². The van der Waals surface area contributed by atoms with Crippen LogP contribution in [0, 0.1) is 0 Å². The van der Waals surface area contributed by atoms with Gasteiger partial charge in [-0.05, 0) is 24.5 Å². The second-order valence-electron chi connectivity index (χ2n) is 7.97. The molecular formula is C21H25N4O3+. The molecule has 5 rings (SSSR count). The van der Waals surface area contributed by atoms with Crippen molar-refractivity contribution in [3.63, 3.8) is 0 Å². The summed E-state index contributed by atoms with van der Waals surface area (Å²) < 4.78 is 1.42. The first-order valence-corrected chi connectivity index (χ1v) is 10.2. The lowest BCUT2D eigenvalue weighted by molar-refractivity contribution is -0.690. The zero-order chi connectivity index (χ0) is 19.3. The SMILES string of the molecule is O=c1[nH]c(=O)n(C2CCCCC2)c(O)c1[C@H]1[NH2+]CCc2c1[nH]c1ccccc21. The number of aromatic amines is 2. The van der Waals surface area contributed by atoms with E-state index < -0.39 is 11.2 Å². The van der Waals surface area contributed by atoms with Gasteiger partial charge in [-0.2, -0.15) is 0 Å². The van der Waals surface area contributed by atoms with Crippen LogP contribution in [0.3, 0.4) is 0 Å². The lowest BCUT2D eigenvalue weighted by Crippen LogP contribution is -2.87. The minimum Gasteiger partial charge on any atom is -0.494 e. The Morgan fingerprint density at radius 3 is 2.68 bits per heavy atom. The first kappa shape index (κ1) is 17.3. The second-order valence-corrected chi connectivity index (χ2v) is 7.97. The molecule has 1 aliphatic carbocycles. The quantitative estimate of drug-likeness (QED) is 0.539. The van der Waals surface area contributed by atoms with Crippen molar-refractivity contribution < 1.29 is 10.4 Å². The van der Waals surface area contributed by atoms with E-state index in [9.17, 15) is 14.7 Å². The fourth-order valence-electron chi connectivity index (χ4n) is 5.04. The molecule has 28 heavy (non-hydrogen) atoms. The zero-order valence-electron chi connectivity index (χ0n) is 15.7. The van der Waals surface area contributed by atoms with E-state index in [1.807, 2.05) is 18.2 Å². The predicted molar refractivity (Wildman–Crippen MR) is 106 cm³/mol. The van der Waals surface area contributed by atoms with Gasteiger partial charge >= 0.3 is 5.69 Å². The topological polar surface area (TPSA) is 107 Å². The van der Waals surface area contributed by atoms with Crippen molar-refractivity contribution in [2.45, 2.75) is 50.6 Å². The number of nitrogens with two attached hydrogens (primary N) is 1. The molecule has 7 nitrogen and oxygen atoms in total. The van der Waals surface area contributed by atoms with E-state index in [2.05, 4.69) is 21.4 Å². The Morgan fingerprint density at radius 1 is 1.07 bits per heavy atom. The van der Waals surface area contributed by atoms with Gasteiger partial charge in [0.15, 0.2) is 6.04 Å². The Kier molecular flexibility index (Phi) is 4.12. The standard InChI is InChI=1S/C21H24N4O3/c26-19-16(20(27)25(21(28)24-19)12-6-2-1-3-7-12)18-17-14(10-11-22-18)13-8-4-5-9-15(13)23-17/h4-5,8-9,12,18,22-23,27H,1-3,6-7,10-11H2,(H,24,26,28)/p+1/t18-/m1/s1. The lowest BCUT2D eigenvalue weighted by atomic mass is 9.93. The Balaban J connectivity index is 1.69. The Morgan fingerprint density at radius 2 is 1.86 bits per heavy atom. The number of quaternary nitrogens is 1. The van der Waals surface area contributed by atoms with Gasteiger partial charge in [-0.15, -0.1) is 0 Å². The molecule has 3 aromatic rings. The third kappa shape index (κ3) is 2.61. The third-order valence-electron chi connectivity index (χ3n) is 6.36. The summed E-state index contributed by atoms with van der Waals surface area (Å²) in [4.78, 5) is 31.2. The number of nitrogens with zero attached hydrogens (tertiary/aromatic N) is 1. The molecule has 5 N–H and O–H groups in total.